The number of carbonyl (C=O) groups excluding carboxylic acids is 1. The van der Waals surface area contributed by atoms with Crippen molar-refractivity contribution in [3.63, 3.8) is 0 Å². The van der Waals surface area contributed by atoms with Gasteiger partial charge in [0.05, 0.1) is 11.8 Å². The Hall–Kier alpha value is -1.83. The standard InChI is InChI=1S/C11H10O2/c1-2-3-9-13-11(12)10-7-5-4-6-8-10/h2-9H,1H2/b9-3+. The van der Waals surface area contributed by atoms with Crippen molar-refractivity contribution < 1.29 is 9.53 Å². The Balaban J connectivity index is 2.59. The molecule has 0 bridgehead atoms. The van der Waals surface area contributed by atoms with Gasteiger partial charge >= 0.3 is 5.97 Å². The number of esters is 1. The van der Waals surface area contributed by atoms with Gasteiger partial charge in [-0.25, -0.2) is 4.79 Å². The molecule has 0 aliphatic rings. The van der Waals surface area contributed by atoms with Crippen molar-refractivity contribution in [3.8, 4) is 0 Å². The minimum atomic E-state index is -0.362. The summed E-state index contributed by atoms with van der Waals surface area (Å²) in [6, 6.07) is 8.81. The Morgan fingerprint density at radius 1 is 1.31 bits per heavy atom. The summed E-state index contributed by atoms with van der Waals surface area (Å²) >= 11 is 0. The van der Waals surface area contributed by atoms with Crippen LogP contribution in [0.15, 0.2) is 55.3 Å². The molecular weight excluding hydrogens is 164 g/mol. The van der Waals surface area contributed by atoms with E-state index in [1.807, 2.05) is 6.07 Å². The van der Waals surface area contributed by atoms with Gasteiger partial charge in [0.15, 0.2) is 0 Å². The van der Waals surface area contributed by atoms with E-state index in [9.17, 15) is 4.79 Å². The van der Waals surface area contributed by atoms with Crippen LogP contribution in [0.2, 0.25) is 0 Å². The summed E-state index contributed by atoms with van der Waals surface area (Å²) in [7, 11) is 0. The number of ether oxygens (including phenoxy) is 1. The van der Waals surface area contributed by atoms with Crippen LogP contribution in [0.1, 0.15) is 10.4 Å². The summed E-state index contributed by atoms with van der Waals surface area (Å²) in [5.41, 5.74) is 0.538. The summed E-state index contributed by atoms with van der Waals surface area (Å²) < 4.78 is 4.78. The minimum absolute atomic E-state index is 0.362. The Bertz CT molecular complexity index is 312. The van der Waals surface area contributed by atoms with E-state index in [2.05, 4.69) is 6.58 Å². The zero-order chi connectivity index (χ0) is 9.52. The zero-order valence-electron chi connectivity index (χ0n) is 7.14. The maximum Gasteiger partial charge on any atom is 0.342 e. The van der Waals surface area contributed by atoms with Crippen molar-refractivity contribution >= 4 is 5.97 Å². The van der Waals surface area contributed by atoms with Crippen LogP contribution in [-0.4, -0.2) is 5.97 Å². The molecule has 13 heavy (non-hydrogen) atoms. The average Bonchev–Trinajstić information content (AvgIpc) is 2.19. The first kappa shape index (κ1) is 9.26. The van der Waals surface area contributed by atoms with Crippen LogP contribution in [0.3, 0.4) is 0 Å². The van der Waals surface area contributed by atoms with Gasteiger partial charge in [0, 0.05) is 0 Å². The average molecular weight is 174 g/mol. The van der Waals surface area contributed by atoms with Crippen LogP contribution in [0, 0.1) is 0 Å². The van der Waals surface area contributed by atoms with Crippen LogP contribution in [0.5, 0.6) is 0 Å². The lowest BCUT2D eigenvalue weighted by atomic mass is 10.2. The number of allylic oxidation sites excluding steroid dienone is 2. The fraction of sp³-hybridized carbons (Fsp3) is 0. The third-order valence-corrected chi connectivity index (χ3v) is 1.40. The highest BCUT2D eigenvalue weighted by Gasteiger charge is 2.02. The van der Waals surface area contributed by atoms with Gasteiger partial charge in [0.1, 0.15) is 0 Å². The molecule has 0 aliphatic heterocycles. The van der Waals surface area contributed by atoms with Gasteiger partial charge in [-0.1, -0.05) is 30.9 Å². The van der Waals surface area contributed by atoms with Crippen LogP contribution < -0.4 is 0 Å². The van der Waals surface area contributed by atoms with Gasteiger partial charge < -0.3 is 4.74 Å². The number of carbonyl (C=O) groups is 1. The van der Waals surface area contributed by atoms with Gasteiger partial charge in [-0.05, 0) is 18.2 Å². The maximum absolute atomic E-state index is 11.2. The molecule has 66 valence electrons. The third-order valence-electron chi connectivity index (χ3n) is 1.40. The molecule has 0 N–H and O–H groups in total. The summed E-state index contributed by atoms with van der Waals surface area (Å²) in [5, 5.41) is 0. The first-order valence-corrected chi connectivity index (χ1v) is 3.88. The number of benzene rings is 1. The van der Waals surface area contributed by atoms with Crippen molar-refractivity contribution in [3.05, 3.63) is 60.9 Å². The highest BCUT2D eigenvalue weighted by molar-refractivity contribution is 5.89. The molecule has 0 aromatic heterocycles. The molecule has 0 fully saturated rings. The van der Waals surface area contributed by atoms with E-state index < -0.39 is 0 Å². The van der Waals surface area contributed by atoms with Gasteiger partial charge in [-0.3, -0.25) is 0 Å². The fourth-order valence-electron chi connectivity index (χ4n) is 0.799. The molecule has 0 atom stereocenters. The normalized spacial score (nSPS) is 9.85. The lowest BCUT2D eigenvalue weighted by Crippen LogP contribution is -1.99. The fourth-order valence-corrected chi connectivity index (χ4v) is 0.799. The van der Waals surface area contributed by atoms with E-state index in [-0.39, 0.29) is 5.97 Å². The van der Waals surface area contributed by atoms with Crippen LogP contribution >= 0.6 is 0 Å². The van der Waals surface area contributed by atoms with Crippen molar-refractivity contribution in [2.24, 2.45) is 0 Å². The van der Waals surface area contributed by atoms with E-state index in [0.717, 1.165) is 0 Å². The van der Waals surface area contributed by atoms with E-state index in [1.54, 1.807) is 30.3 Å². The van der Waals surface area contributed by atoms with E-state index in [4.69, 9.17) is 4.74 Å². The maximum atomic E-state index is 11.2. The highest BCUT2D eigenvalue weighted by atomic mass is 16.5. The van der Waals surface area contributed by atoms with Crippen LogP contribution in [0.25, 0.3) is 0 Å². The molecule has 0 aliphatic carbocycles. The summed E-state index contributed by atoms with van der Waals surface area (Å²) in [4.78, 5) is 11.2. The summed E-state index contributed by atoms with van der Waals surface area (Å²) in [6.07, 6.45) is 4.40. The molecule has 0 amide bonds. The number of rotatable bonds is 3. The second-order valence-corrected chi connectivity index (χ2v) is 2.34. The van der Waals surface area contributed by atoms with Crippen molar-refractivity contribution in [1.29, 1.82) is 0 Å². The van der Waals surface area contributed by atoms with Crippen molar-refractivity contribution in [1.82, 2.24) is 0 Å². The number of hydrogen-bond donors (Lipinski definition) is 0. The molecule has 0 spiro atoms. The van der Waals surface area contributed by atoms with Gasteiger partial charge in [-0.2, -0.15) is 0 Å². The molecule has 2 heteroatoms. The molecule has 0 radical (unpaired) electrons. The molecule has 2 nitrogen and oxygen atoms in total. The third kappa shape index (κ3) is 2.95. The summed E-state index contributed by atoms with van der Waals surface area (Å²) in [6.45, 7) is 3.45. The molecule has 0 saturated carbocycles. The Morgan fingerprint density at radius 2 is 2.00 bits per heavy atom. The Kier molecular flexibility index (Phi) is 3.51. The highest BCUT2D eigenvalue weighted by Crippen LogP contribution is 2.00. The van der Waals surface area contributed by atoms with Gasteiger partial charge in [-0.15, -0.1) is 0 Å². The largest absolute Gasteiger partial charge is 0.431 e. The lowest BCUT2D eigenvalue weighted by Gasteiger charge is -1.96. The smallest absolute Gasteiger partial charge is 0.342 e. The topological polar surface area (TPSA) is 26.3 Å². The zero-order valence-corrected chi connectivity index (χ0v) is 7.14. The lowest BCUT2D eigenvalue weighted by molar-refractivity contribution is 0.0663. The SMILES string of the molecule is C=C/C=C/OC(=O)c1ccccc1. The van der Waals surface area contributed by atoms with E-state index in [0.29, 0.717) is 5.56 Å². The first-order chi connectivity index (χ1) is 6.34. The number of hydrogen-bond acceptors (Lipinski definition) is 2. The second-order valence-electron chi connectivity index (χ2n) is 2.34. The van der Waals surface area contributed by atoms with Crippen LogP contribution in [0.4, 0.5) is 0 Å². The van der Waals surface area contributed by atoms with E-state index >= 15 is 0 Å². The Labute approximate surface area is 77.2 Å². The molecule has 0 unspecified atom stereocenters. The monoisotopic (exact) mass is 174 g/mol. The predicted octanol–water partition coefficient (Wildman–Crippen LogP) is 2.54. The van der Waals surface area contributed by atoms with Crippen molar-refractivity contribution in [2.45, 2.75) is 0 Å². The first-order valence-electron chi connectivity index (χ1n) is 3.88. The van der Waals surface area contributed by atoms with E-state index in [1.165, 1.54) is 12.3 Å². The molecule has 0 saturated heterocycles. The second kappa shape index (κ2) is 4.93. The molecule has 0 heterocycles. The Morgan fingerprint density at radius 3 is 2.62 bits per heavy atom. The molecule has 1 aromatic carbocycles. The predicted molar refractivity (Wildman–Crippen MR) is 51.2 cm³/mol. The molecular formula is C11H10O2. The van der Waals surface area contributed by atoms with Gasteiger partial charge in [0.2, 0.25) is 0 Å². The molecule has 1 rings (SSSR count). The minimum Gasteiger partial charge on any atom is -0.431 e. The molecule has 1 aromatic rings. The van der Waals surface area contributed by atoms with Gasteiger partial charge in [0.25, 0.3) is 0 Å². The quantitative estimate of drug-likeness (QED) is 0.400. The summed E-state index contributed by atoms with van der Waals surface area (Å²) in [5.74, 6) is -0.362. The van der Waals surface area contributed by atoms with Crippen LogP contribution in [-0.2, 0) is 4.74 Å². The van der Waals surface area contributed by atoms with Crippen molar-refractivity contribution in [2.75, 3.05) is 0 Å².